The maximum Gasteiger partial charge on any atom is 0.329 e. The molecule has 3 rings (SSSR count). The second-order valence-electron chi connectivity index (χ2n) is 7.58. The fourth-order valence-corrected chi connectivity index (χ4v) is 4.69. The lowest BCUT2D eigenvalue weighted by Gasteiger charge is -2.31. The van der Waals surface area contributed by atoms with E-state index in [-0.39, 0.29) is 23.7 Å². The molecule has 2 fully saturated rings. The van der Waals surface area contributed by atoms with Gasteiger partial charge in [-0.1, -0.05) is 31.5 Å². The van der Waals surface area contributed by atoms with Gasteiger partial charge < -0.3 is 15.3 Å². The minimum atomic E-state index is -1.07. The van der Waals surface area contributed by atoms with Gasteiger partial charge >= 0.3 is 5.97 Å². The molecule has 0 saturated heterocycles. The molecular formula is C19H28N2O4. The van der Waals surface area contributed by atoms with E-state index in [9.17, 15) is 14.7 Å². The number of carbonyl (C=O) groups is 2. The Labute approximate surface area is 148 Å². The van der Waals surface area contributed by atoms with Crippen LogP contribution in [0.15, 0.2) is 16.8 Å². The average molecular weight is 348 g/mol. The average Bonchev–Trinajstić information content (AvgIpc) is 3.18. The van der Waals surface area contributed by atoms with Crippen LogP contribution in [0.25, 0.3) is 0 Å². The Morgan fingerprint density at radius 3 is 2.68 bits per heavy atom. The molecule has 138 valence electrons. The third kappa shape index (κ3) is 3.07. The largest absolute Gasteiger partial charge is 0.479 e. The van der Waals surface area contributed by atoms with Crippen molar-refractivity contribution in [3.05, 3.63) is 11.6 Å². The van der Waals surface area contributed by atoms with Crippen molar-refractivity contribution < 1.29 is 19.5 Å². The van der Waals surface area contributed by atoms with Crippen LogP contribution >= 0.6 is 0 Å². The number of carboxylic acids is 1. The van der Waals surface area contributed by atoms with Crippen molar-refractivity contribution >= 4 is 17.6 Å². The summed E-state index contributed by atoms with van der Waals surface area (Å²) < 4.78 is 0. The van der Waals surface area contributed by atoms with E-state index in [2.05, 4.69) is 23.5 Å². The quantitative estimate of drug-likeness (QED) is 0.723. The molecule has 0 aromatic carbocycles. The highest BCUT2D eigenvalue weighted by Gasteiger charge is 2.61. The van der Waals surface area contributed by atoms with E-state index >= 15 is 0 Å². The number of rotatable bonds is 6. The molecule has 5 unspecified atom stereocenters. The molecule has 0 aromatic rings. The number of nitrogens with zero attached hydrogens (tertiary/aromatic N) is 1. The number of carbonyl (C=O) groups excluding carboxylic acids is 1. The first-order chi connectivity index (χ1) is 12.0. The number of hydrogen-bond donors (Lipinski definition) is 2. The molecule has 0 spiro atoms. The van der Waals surface area contributed by atoms with E-state index in [0.29, 0.717) is 12.3 Å². The molecule has 2 saturated carbocycles. The van der Waals surface area contributed by atoms with E-state index in [1.807, 2.05) is 6.92 Å². The SMILES string of the molecule is CCC1C=C(C(=O)NC2(C(=O)O)CC2CC)C2CC/C(=N/OC)C2C1. The Hall–Kier alpha value is -1.85. The summed E-state index contributed by atoms with van der Waals surface area (Å²) in [4.78, 5) is 29.6. The number of aliphatic carboxylic acids is 1. The second kappa shape index (κ2) is 6.81. The van der Waals surface area contributed by atoms with Crippen molar-refractivity contribution in [2.75, 3.05) is 7.11 Å². The number of fused-ring (bicyclic) bond motifs is 1. The molecule has 1 amide bonds. The monoisotopic (exact) mass is 348 g/mol. The standard InChI is InChI=1S/C19H28N2O4/c1-4-11-8-14-13(6-7-16(14)21-25-3)15(9-11)17(22)20-19(18(23)24)10-12(19)5-2/h9,11-14H,4-8,10H2,1-3H3,(H,20,22)(H,23,24)/b21-16-. The number of allylic oxidation sites excluding steroid dienone is 1. The molecule has 2 N–H and O–H groups in total. The predicted molar refractivity (Wildman–Crippen MR) is 94.0 cm³/mol. The van der Waals surface area contributed by atoms with Crippen LogP contribution in [-0.4, -0.2) is 35.3 Å². The summed E-state index contributed by atoms with van der Waals surface area (Å²) in [6.45, 7) is 4.08. The lowest BCUT2D eigenvalue weighted by atomic mass is 9.74. The van der Waals surface area contributed by atoms with Gasteiger partial charge in [-0.25, -0.2) is 4.79 Å². The van der Waals surface area contributed by atoms with E-state index in [4.69, 9.17) is 4.84 Å². The highest BCUT2D eigenvalue weighted by Crippen LogP contribution is 2.48. The van der Waals surface area contributed by atoms with Crippen molar-refractivity contribution in [1.82, 2.24) is 5.32 Å². The maximum atomic E-state index is 13.0. The van der Waals surface area contributed by atoms with Crippen molar-refractivity contribution in [3.63, 3.8) is 0 Å². The van der Waals surface area contributed by atoms with Crippen molar-refractivity contribution in [3.8, 4) is 0 Å². The van der Waals surface area contributed by atoms with Crippen LogP contribution in [0.4, 0.5) is 0 Å². The second-order valence-corrected chi connectivity index (χ2v) is 7.58. The van der Waals surface area contributed by atoms with Gasteiger partial charge in [-0.3, -0.25) is 4.79 Å². The fourth-order valence-electron chi connectivity index (χ4n) is 4.69. The molecular weight excluding hydrogens is 320 g/mol. The number of oxime groups is 1. The third-order valence-electron chi connectivity index (χ3n) is 6.31. The highest BCUT2D eigenvalue weighted by molar-refractivity contribution is 6.01. The minimum absolute atomic E-state index is 0.0325. The van der Waals surface area contributed by atoms with Crippen molar-refractivity contribution in [2.45, 2.75) is 57.9 Å². The van der Waals surface area contributed by atoms with Crippen LogP contribution in [0.3, 0.4) is 0 Å². The van der Waals surface area contributed by atoms with Gasteiger partial charge in [0.25, 0.3) is 0 Å². The lowest BCUT2D eigenvalue weighted by Crippen LogP contribution is -2.47. The van der Waals surface area contributed by atoms with Gasteiger partial charge in [0.15, 0.2) is 0 Å². The van der Waals surface area contributed by atoms with E-state index in [0.717, 1.165) is 43.4 Å². The van der Waals surface area contributed by atoms with Crippen LogP contribution in [0, 0.1) is 23.7 Å². The van der Waals surface area contributed by atoms with Crippen LogP contribution in [0.5, 0.6) is 0 Å². The predicted octanol–water partition coefficient (Wildman–Crippen LogP) is 2.74. The van der Waals surface area contributed by atoms with Gasteiger partial charge in [-0.2, -0.15) is 0 Å². The molecule has 3 aliphatic rings. The Morgan fingerprint density at radius 2 is 2.12 bits per heavy atom. The Balaban J connectivity index is 1.82. The zero-order valence-electron chi connectivity index (χ0n) is 15.2. The van der Waals surface area contributed by atoms with Gasteiger partial charge in [0, 0.05) is 11.5 Å². The topological polar surface area (TPSA) is 88.0 Å². The summed E-state index contributed by atoms with van der Waals surface area (Å²) in [5.41, 5.74) is 0.727. The Morgan fingerprint density at radius 1 is 1.36 bits per heavy atom. The summed E-state index contributed by atoms with van der Waals surface area (Å²) in [7, 11) is 1.55. The normalized spacial score (nSPS) is 38.0. The number of amides is 1. The first-order valence-electron chi connectivity index (χ1n) is 9.34. The van der Waals surface area contributed by atoms with Gasteiger partial charge in [0.05, 0.1) is 5.71 Å². The maximum absolute atomic E-state index is 13.0. The van der Waals surface area contributed by atoms with Crippen LogP contribution in [-0.2, 0) is 14.4 Å². The lowest BCUT2D eigenvalue weighted by molar-refractivity contribution is -0.143. The minimum Gasteiger partial charge on any atom is -0.479 e. The summed E-state index contributed by atoms with van der Waals surface area (Å²) in [6.07, 6.45) is 7.03. The highest BCUT2D eigenvalue weighted by atomic mass is 16.6. The first kappa shape index (κ1) is 18.0. The van der Waals surface area contributed by atoms with Crippen molar-refractivity contribution in [2.24, 2.45) is 28.8 Å². The number of nitrogens with one attached hydrogen (secondary N) is 1. The van der Waals surface area contributed by atoms with E-state index in [1.54, 1.807) is 7.11 Å². The molecule has 0 bridgehead atoms. The van der Waals surface area contributed by atoms with Crippen molar-refractivity contribution in [1.29, 1.82) is 0 Å². The molecule has 0 aliphatic heterocycles. The van der Waals surface area contributed by atoms with Crippen LogP contribution in [0.2, 0.25) is 0 Å². The van der Waals surface area contributed by atoms with E-state index in [1.165, 1.54) is 0 Å². The molecule has 5 atom stereocenters. The third-order valence-corrected chi connectivity index (χ3v) is 6.31. The Bertz CT molecular complexity index is 627. The van der Waals surface area contributed by atoms with Gasteiger partial charge in [-0.15, -0.1) is 0 Å². The number of hydrogen-bond acceptors (Lipinski definition) is 4. The summed E-state index contributed by atoms with van der Waals surface area (Å²) in [6, 6.07) is 0. The number of carboxylic acid groups (broad SMARTS) is 1. The molecule has 25 heavy (non-hydrogen) atoms. The zero-order valence-corrected chi connectivity index (χ0v) is 15.2. The molecule has 0 radical (unpaired) electrons. The van der Waals surface area contributed by atoms with Crippen LogP contribution in [0.1, 0.15) is 52.4 Å². The Kier molecular flexibility index (Phi) is 4.89. The molecule has 3 aliphatic carbocycles. The van der Waals surface area contributed by atoms with Gasteiger partial charge in [-0.05, 0) is 49.9 Å². The molecule has 6 nitrogen and oxygen atoms in total. The fraction of sp³-hybridized carbons (Fsp3) is 0.737. The zero-order chi connectivity index (χ0) is 18.2. The molecule has 0 aromatic heterocycles. The molecule has 0 heterocycles. The van der Waals surface area contributed by atoms with Gasteiger partial charge in [0.1, 0.15) is 12.6 Å². The summed E-state index contributed by atoms with van der Waals surface area (Å²) >= 11 is 0. The first-order valence-corrected chi connectivity index (χ1v) is 9.34. The van der Waals surface area contributed by atoms with Crippen LogP contribution < -0.4 is 5.32 Å². The summed E-state index contributed by atoms with van der Waals surface area (Å²) in [5.74, 6) is -0.404. The van der Waals surface area contributed by atoms with E-state index < -0.39 is 11.5 Å². The molecule has 6 heteroatoms. The van der Waals surface area contributed by atoms with Gasteiger partial charge in [0.2, 0.25) is 5.91 Å². The smallest absolute Gasteiger partial charge is 0.329 e. The summed E-state index contributed by atoms with van der Waals surface area (Å²) in [5, 5.41) is 16.6.